The number of anilines is 1. The molecule has 0 aliphatic heterocycles. The number of halogens is 1. The highest BCUT2D eigenvalue weighted by Gasteiger charge is 2.26. The van der Waals surface area contributed by atoms with Crippen molar-refractivity contribution < 1.29 is 4.74 Å². The molecule has 0 saturated heterocycles. The summed E-state index contributed by atoms with van der Waals surface area (Å²) in [6, 6.07) is 6.41. The molecule has 18 heavy (non-hydrogen) atoms. The van der Waals surface area contributed by atoms with Crippen molar-refractivity contribution in [1.82, 2.24) is 9.55 Å². The van der Waals surface area contributed by atoms with Gasteiger partial charge in [0.2, 0.25) is 0 Å². The molecule has 2 aromatic rings. The molecule has 2 N–H and O–H groups in total. The first-order valence-corrected chi connectivity index (χ1v) is 6.66. The van der Waals surface area contributed by atoms with Gasteiger partial charge in [0.1, 0.15) is 17.3 Å². The van der Waals surface area contributed by atoms with Gasteiger partial charge in [0.25, 0.3) is 0 Å². The van der Waals surface area contributed by atoms with Crippen LogP contribution in [0.3, 0.4) is 0 Å². The number of nitrogens with two attached hydrogens (primary N) is 1. The molecule has 4 nitrogen and oxygen atoms in total. The molecule has 1 heterocycles. The van der Waals surface area contributed by atoms with Crippen molar-refractivity contribution >= 4 is 21.7 Å². The second-order valence-electron chi connectivity index (χ2n) is 4.47. The lowest BCUT2D eigenvalue weighted by atomic mass is 10.1. The van der Waals surface area contributed by atoms with Gasteiger partial charge in [-0.3, -0.25) is 0 Å². The zero-order valence-corrected chi connectivity index (χ0v) is 11.6. The number of methoxy groups -OCH3 is 1. The lowest BCUT2D eigenvalue weighted by Crippen LogP contribution is -1.99. The van der Waals surface area contributed by atoms with E-state index < -0.39 is 0 Å². The van der Waals surface area contributed by atoms with Crippen LogP contribution >= 0.6 is 15.9 Å². The first-order valence-electron chi connectivity index (χ1n) is 5.87. The molecule has 1 fully saturated rings. The summed E-state index contributed by atoms with van der Waals surface area (Å²) in [6.07, 6.45) is 4.24. The Labute approximate surface area is 114 Å². The second-order valence-corrected chi connectivity index (χ2v) is 5.32. The molecule has 0 amide bonds. The summed E-state index contributed by atoms with van der Waals surface area (Å²) >= 11 is 3.48. The molecule has 0 unspecified atom stereocenters. The molecule has 94 valence electrons. The second kappa shape index (κ2) is 4.31. The molecule has 5 heteroatoms. The quantitative estimate of drug-likeness (QED) is 0.947. The van der Waals surface area contributed by atoms with Crippen LogP contribution in [0.5, 0.6) is 5.75 Å². The van der Waals surface area contributed by atoms with Crippen LogP contribution in [0, 0.1) is 0 Å². The van der Waals surface area contributed by atoms with E-state index in [0.29, 0.717) is 6.04 Å². The predicted molar refractivity (Wildman–Crippen MR) is 74.6 cm³/mol. The Morgan fingerprint density at radius 1 is 1.44 bits per heavy atom. The molecule has 3 rings (SSSR count). The highest BCUT2D eigenvalue weighted by Crippen LogP contribution is 2.39. The fourth-order valence-electron chi connectivity index (χ4n) is 2.05. The molecule has 1 aliphatic rings. The number of rotatable bonds is 3. The topological polar surface area (TPSA) is 53.1 Å². The average molecular weight is 308 g/mol. The van der Waals surface area contributed by atoms with Crippen LogP contribution in [-0.4, -0.2) is 16.7 Å². The highest BCUT2D eigenvalue weighted by atomic mass is 79.9. The summed E-state index contributed by atoms with van der Waals surface area (Å²) in [5.41, 5.74) is 7.99. The summed E-state index contributed by atoms with van der Waals surface area (Å²) in [5.74, 6) is 1.55. The normalized spacial score (nSPS) is 14.8. The Kier molecular flexibility index (Phi) is 2.78. The van der Waals surface area contributed by atoms with Crippen LogP contribution in [0.2, 0.25) is 0 Å². The Morgan fingerprint density at radius 3 is 2.83 bits per heavy atom. The van der Waals surface area contributed by atoms with Crippen LogP contribution in [0.1, 0.15) is 18.9 Å². The number of hydrogen-bond donors (Lipinski definition) is 1. The van der Waals surface area contributed by atoms with Gasteiger partial charge in [-0.15, -0.1) is 0 Å². The number of ether oxygens (including phenoxy) is 1. The van der Waals surface area contributed by atoms with E-state index in [1.165, 1.54) is 12.8 Å². The number of imidazole rings is 1. The zero-order valence-electron chi connectivity index (χ0n) is 10.1. The maximum absolute atomic E-state index is 6.15. The van der Waals surface area contributed by atoms with E-state index >= 15 is 0 Å². The molecule has 0 bridgehead atoms. The van der Waals surface area contributed by atoms with Gasteiger partial charge in [-0.05, 0) is 47.0 Å². The molecule has 0 atom stereocenters. The third-order valence-electron chi connectivity index (χ3n) is 3.20. The summed E-state index contributed by atoms with van der Waals surface area (Å²) in [4.78, 5) is 4.42. The van der Waals surface area contributed by atoms with E-state index in [9.17, 15) is 0 Å². The van der Waals surface area contributed by atoms with Gasteiger partial charge in [0.15, 0.2) is 0 Å². The van der Waals surface area contributed by atoms with E-state index in [-0.39, 0.29) is 0 Å². The Hall–Kier alpha value is -1.49. The standard InChI is InChI=1S/C13H14BrN3O/c1-18-11-5-2-8(6-10(11)14)12-13(15)17(7-16-12)9-3-4-9/h2,5-7,9H,3-4,15H2,1H3. The molecule has 0 spiro atoms. The van der Waals surface area contributed by atoms with Gasteiger partial charge in [0.05, 0.1) is 17.9 Å². The molecule has 1 aromatic heterocycles. The van der Waals surface area contributed by atoms with Crippen molar-refractivity contribution in [2.24, 2.45) is 0 Å². The summed E-state index contributed by atoms with van der Waals surface area (Å²) in [7, 11) is 1.65. The minimum absolute atomic E-state index is 0.549. The smallest absolute Gasteiger partial charge is 0.133 e. The van der Waals surface area contributed by atoms with Crippen LogP contribution < -0.4 is 10.5 Å². The van der Waals surface area contributed by atoms with Crippen LogP contribution in [0.4, 0.5) is 5.82 Å². The number of nitrogen functional groups attached to an aromatic ring is 1. The van der Waals surface area contributed by atoms with Gasteiger partial charge in [-0.2, -0.15) is 0 Å². The summed E-state index contributed by atoms with van der Waals surface area (Å²) in [6.45, 7) is 0. The van der Waals surface area contributed by atoms with Crippen molar-refractivity contribution in [3.63, 3.8) is 0 Å². The minimum Gasteiger partial charge on any atom is -0.496 e. The van der Waals surface area contributed by atoms with Crippen LogP contribution in [0.15, 0.2) is 29.0 Å². The number of aromatic nitrogens is 2. The van der Waals surface area contributed by atoms with Crippen LogP contribution in [-0.2, 0) is 0 Å². The van der Waals surface area contributed by atoms with Gasteiger partial charge in [-0.25, -0.2) is 4.98 Å². The maximum atomic E-state index is 6.15. The monoisotopic (exact) mass is 307 g/mol. The maximum Gasteiger partial charge on any atom is 0.133 e. The van der Waals surface area contributed by atoms with Crippen LogP contribution in [0.25, 0.3) is 11.3 Å². The van der Waals surface area contributed by atoms with E-state index in [1.54, 1.807) is 7.11 Å². The van der Waals surface area contributed by atoms with Crippen molar-refractivity contribution in [3.8, 4) is 17.0 Å². The SMILES string of the molecule is COc1ccc(-c2ncn(C3CC3)c2N)cc1Br. The number of benzene rings is 1. The highest BCUT2D eigenvalue weighted by molar-refractivity contribution is 9.10. The van der Waals surface area contributed by atoms with Crippen molar-refractivity contribution in [2.45, 2.75) is 18.9 Å². The number of nitrogens with zero attached hydrogens (tertiary/aromatic N) is 2. The molecule has 1 aliphatic carbocycles. The van der Waals surface area contributed by atoms with Gasteiger partial charge in [-0.1, -0.05) is 0 Å². The fourth-order valence-corrected chi connectivity index (χ4v) is 2.59. The average Bonchev–Trinajstić information content (AvgIpc) is 3.13. The van der Waals surface area contributed by atoms with Crippen molar-refractivity contribution in [3.05, 3.63) is 29.0 Å². The van der Waals surface area contributed by atoms with E-state index in [1.807, 2.05) is 24.5 Å². The lowest BCUT2D eigenvalue weighted by Gasteiger charge is -2.06. The molecule has 0 radical (unpaired) electrons. The molecular weight excluding hydrogens is 294 g/mol. The Bertz CT molecular complexity index is 590. The van der Waals surface area contributed by atoms with Gasteiger partial charge >= 0.3 is 0 Å². The fraction of sp³-hybridized carbons (Fsp3) is 0.308. The number of hydrogen-bond acceptors (Lipinski definition) is 3. The third-order valence-corrected chi connectivity index (χ3v) is 3.82. The summed E-state index contributed by atoms with van der Waals surface area (Å²) in [5, 5.41) is 0. The summed E-state index contributed by atoms with van der Waals surface area (Å²) < 4.78 is 8.18. The van der Waals surface area contributed by atoms with Gasteiger partial charge < -0.3 is 15.0 Å². The molecular formula is C13H14BrN3O. The Morgan fingerprint density at radius 2 is 2.22 bits per heavy atom. The van der Waals surface area contributed by atoms with E-state index in [2.05, 4.69) is 25.5 Å². The predicted octanol–water partition coefficient (Wildman–Crippen LogP) is 3.24. The first-order chi connectivity index (χ1) is 8.70. The van der Waals surface area contributed by atoms with Crippen molar-refractivity contribution in [2.75, 3.05) is 12.8 Å². The lowest BCUT2D eigenvalue weighted by molar-refractivity contribution is 0.412. The first kappa shape index (κ1) is 11.6. The van der Waals surface area contributed by atoms with Crippen molar-refractivity contribution in [1.29, 1.82) is 0 Å². The third kappa shape index (κ3) is 1.88. The minimum atomic E-state index is 0.549. The molecule has 1 saturated carbocycles. The largest absolute Gasteiger partial charge is 0.496 e. The van der Waals surface area contributed by atoms with E-state index in [4.69, 9.17) is 10.5 Å². The molecule has 1 aromatic carbocycles. The van der Waals surface area contributed by atoms with Gasteiger partial charge in [0, 0.05) is 11.6 Å². The Balaban J connectivity index is 2.01. The van der Waals surface area contributed by atoms with E-state index in [0.717, 1.165) is 27.3 Å². The zero-order chi connectivity index (χ0) is 12.7.